The van der Waals surface area contributed by atoms with Gasteiger partial charge >= 0.3 is 6.18 Å². The summed E-state index contributed by atoms with van der Waals surface area (Å²) in [5, 5.41) is 9.64. The Morgan fingerprint density at radius 3 is 2.51 bits per heavy atom. The zero-order valence-electron chi connectivity index (χ0n) is 19.7. The number of ether oxygens (including phenoxy) is 2. The summed E-state index contributed by atoms with van der Waals surface area (Å²) in [4.78, 5) is 16.7. The molecule has 1 aliphatic heterocycles. The summed E-state index contributed by atoms with van der Waals surface area (Å²) >= 11 is 0. The number of rotatable bonds is 8. The largest absolute Gasteiger partial charge is 0.493 e. The van der Waals surface area contributed by atoms with E-state index >= 15 is 0 Å². The van der Waals surface area contributed by atoms with Crippen molar-refractivity contribution in [3.05, 3.63) is 41.3 Å². The number of fused-ring (bicyclic) bond motifs is 1. The van der Waals surface area contributed by atoms with E-state index in [1.165, 1.54) is 12.1 Å². The Morgan fingerprint density at radius 1 is 1.11 bits per heavy atom. The van der Waals surface area contributed by atoms with Crippen molar-refractivity contribution in [3.8, 4) is 23.1 Å². The van der Waals surface area contributed by atoms with Crippen molar-refractivity contribution in [3.63, 3.8) is 0 Å². The molecule has 8 nitrogen and oxygen atoms in total. The molecule has 0 aliphatic carbocycles. The van der Waals surface area contributed by atoms with Crippen LogP contribution in [0.1, 0.15) is 24.0 Å². The van der Waals surface area contributed by atoms with Gasteiger partial charge in [-0.2, -0.15) is 18.4 Å². The molecular formula is C24H27F3N6O2. The second-order valence-electron chi connectivity index (χ2n) is 8.30. The molecule has 0 spiro atoms. The number of methoxy groups -OCH3 is 1. The number of nitrogens with zero attached hydrogens (tertiary/aromatic N) is 5. The summed E-state index contributed by atoms with van der Waals surface area (Å²) in [5.74, 6) is 0.444. The Kier molecular flexibility index (Phi) is 7.54. The number of nitriles is 1. The summed E-state index contributed by atoms with van der Waals surface area (Å²) in [6, 6.07) is 7.45. The Bertz CT molecular complexity index is 1210. The van der Waals surface area contributed by atoms with Crippen LogP contribution in [-0.4, -0.2) is 77.8 Å². The normalized spacial score (nSPS) is 15.4. The summed E-state index contributed by atoms with van der Waals surface area (Å²) in [6.07, 6.45) is -4.59. The van der Waals surface area contributed by atoms with Crippen LogP contribution in [0.5, 0.6) is 5.75 Å². The Labute approximate surface area is 201 Å². The van der Waals surface area contributed by atoms with Gasteiger partial charge in [0.05, 0.1) is 36.5 Å². The number of pyridine rings is 1. The molecule has 1 fully saturated rings. The van der Waals surface area contributed by atoms with Gasteiger partial charge in [-0.1, -0.05) is 0 Å². The molecule has 11 heteroatoms. The third kappa shape index (κ3) is 5.73. The topological polar surface area (TPSA) is 90.3 Å². The maximum Gasteiger partial charge on any atom is 0.419 e. The van der Waals surface area contributed by atoms with Crippen LogP contribution in [0.2, 0.25) is 0 Å². The standard InChI is InChI=1S/C24H27F3N6O2/c1-3-35-21-5-4-16(12-17(21)24(25,26)27)18-13-19-23(20(14-28)29-18)31-22(30-19)15-33-8-6-32(7-9-33)10-11-34-2/h4-5,12-13H,3,6-11,15H2,1-2H3,(H,30,31). The highest BCUT2D eigenvalue weighted by Crippen LogP contribution is 2.39. The average molecular weight is 489 g/mol. The van der Waals surface area contributed by atoms with Gasteiger partial charge in [0.15, 0.2) is 5.69 Å². The molecule has 1 aliphatic rings. The zero-order chi connectivity index (χ0) is 25.0. The summed E-state index contributed by atoms with van der Waals surface area (Å²) in [6.45, 7) is 7.53. The first-order valence-corrected chi connectivity index (χ1v) is 11.4. The number of nitrogens with one attached hydrogen (secondary N) is 1. The van der Waals surface area contributed by atoms with Crippen molar-refractivity contribution in [1.29, 1.82) is 5.26 Å². The zero-order valence-corrected chi connectivity index (χ0v) is 19.7. The van der Waals surface area contributed by atoms with Gasteiger partial charge in [-0.3, -0.25) is 9.80 Å². The van der Waals surface area contributed by atoms with E-state index in [0.717, 1.165) is 38.8 Å². The van der Waals surface area contributed by atoms with E-state index < -0.39 is 11.7 Å². The van der Waals surface area contributed by atoms with Gasteiger partial charge in [-0.05, 0) is 31.2 Å². The lowest BCUT2D eigenvalue weighted by Crippen LogP contribution is -2.46. The summed E-state index contributed by atoms with van der Waals surface area (Å²) in [7, 11) is 1.69. The molecule has 1 aromatic carbocycles. The highest BCUT2D eigenvalue weighted by Gasteiger charge is 2.35. The predicted molar refractivity (Wildman–Crippen MR) is 124 cm³/mol. The summed E-state index contributed by atoms with van der Waals surface area (Å²) in [5.41, 5.74) is 0.640. The van der Waals surface area contributed by atoms with E-state index in [1.54, 1.807) is 20.1 Å². The predicted octanol–water partition coefficient (Wildman–Crippen LogP) is 3.68. The van der Waals surface area contributed by atoms with Crippen molar-refractivity contribution in [2.45, 2.75) is 19.6 Å². The number of imidazole rings is 1. The van der Waals surface area contributed by atoms with E-state index in [2.05, 4.69) is 24.8 Å². The maximum atomic E-state index is 13.6. The quantitative estimate of drug-likeness (QED) is 0.517. The van der Waals surface area contributed by atoms with Crippen molar-refractivity contribution < 1.29 is 22.6 Å². The fourth-order valence-corrected chi connectivity index (χ4v) is 4.16. The minimum atomic E-state index is -4.59. The molecule has 0 saturated carbocycles. The SMILES string of the molecule is CCOc1ccc(-c2cc3[nH]c(CN4CCN(CCOC)CC4)nc3c(C#N)n2)cc1C(F)(F)F. The minimum Gasteiger partial charge on any atom is -0.493 e. The maximum absolute atomic E-state index is 13.6. The molecule has 0 unspecified atom stereocenters. The molecule has 0 radical (unpaired) electrons. The van der Waals surface area contributed by atoms with Crippen LogP contribution in [0.4, 0.5) is 13.2 Å². The number of halogens is 3. The monoisotopic (exact) mass is 488 g/mol. The second-order valence-corrected chi connectivity index (χ2v) is 8.30. The van der Waals surface area contributed by atoms with Gasteiger partial charge in [-0.15, -0.1) is 0 Å². The van der Waals surface area contributed by atoms with Crippen LogP contribution in [0, 0.1) is 11.3 Å². The number of benzene rings is 1. The molecule has 0 amide bonds. The van der Waals surface area contributed by atoms with Gasteiger partial charge in [0, 0.05) is 45.4 Å². The minimum absolute atomic E-state index is 0.0619. The highest BCUT2D eigenvalue weighted by atomic mass is 19.4. The van der Waals surface area contributed by atoms with E-state index in [1.807, 2.05) is 6.07 Å². The van der Waals surface area contributed by atoms with E-state index in [0.29, 0.717) is 30.0 Å². The first kappa shape index (κ1) is 24.9. The van der Waals surface area contributed by atoms with Crippen LogP contribution in [-0.2, 0) is 17.5 Å². The summed E-state index contributed by atoms with van der Waals surface area (Å²) < 4.78 is 51.1. The van der Waals surface area contributed by atoms with E-state index in [-0.39, 0.29) is 29.3 Å². The Morgan fingerprint density at radius 2 is 1.86 bits per heavy atom. The van der Waals surface area contributed by atoms with Crippen molar-refractivity contribution in [2.24, 2.45) is 0 Å². The smallest absolute Gasteiger partial charge is 0.419 e. The molecule has 4 rings (SSSR count). The lowest BCUT2D eigenvalue weighted by molar-refractivity contribution is -0.138. The Balaban J connectivity index is 1.59. The molecule has 35 heavy (non-hydrogen) atoms. The van der Waals surface area contributed by atoms with Gasteiger partial charge in [0.2, 0.25) is 0 Å². The fraction of sp³-hybridized carbons (Fsp3) is 0.458. The Hall–Kier alpha value is -3.20. The fourth-order valence-electron chi connectivity index (χ4n) is 4.16. The van der Waals surface area contributed by atoms with Crippen molar-refractivity contribution in [1.82, 2.24) is 24.8 Å². The third-order valence-electron chi connectivity index (χ3n) is 5.95. The van der Waals surface area contributed by atoms with Crippen LogP contribution >= 0.6 is 0 Å². The van der Waals surface area contributed by atoms with Crippen LogP contribution < -0.4 is 4.74 Å². The van der Waals surface area contributed by atoms with Crippen LogP contribution in [0.15, 0.2) is 24.3 Å². The van der Waals surface area contributed by atoms with Crippen molar-refractivity contribution >= 4 is 11.0 Å². The molecule has 3 heterocycles. The highest BCUT2D eigenvalue weighted by molar-refractivity contribution is 5.84. The van der Waals surface area contributed by atoms with Gasteiger partial charge in [0.1, 0.15) is 23.2 Å². The molecule has 2 aromatic heterocycles. The molecular weight excluding hydrogens is 461 g/mol. The molecule has 3 aromatic rings. The number of aromatic amines is 1. The average Bonchev–Trinajstić information content (AvgIpc) is 3.25. The number of H-pyrrole nitrogens is 1. The second kappa shape index (κ2) is 10.6. The van der Waals surface area contributed by atoms with E-state index in [4.69, 9.17) is 9.47 Å². The lowest BCUT2D eigenvalue weighted by atomic mass is 10.1. The molecule has 1 N–H and O–H groups in total. The van der Waals surface area contributed by atoms with Crippen LogP contribution in [0.3, 0.4) is 0 Å². The number of aromatic nitrogens is 3. The van der Waals surface area contributed by atoms with Gasteiger partial charge in [-0.25, -0.2) is 9.97 Å². The van der Waals surface area contributed by atoms with Crippen LogP contribution in [0.25, 0.3) is 22.3 Å². The first-order valence-electron chi connectivity index (χ1n) is 11.4. The van der Waals surface area contributed by atoms with Gasteiger partial charge < -0.3 is 14.5 Å². The number of hydrogen-bond donors (Lipinski definition) is 1. The molecule has 0 bridgehead atoms. The first-order chi connectivity index (χ1) is 16.8. The number of alkyl halides is 3. The van der Waals surface area contributed by atoms with Crippen molar-refractivity contribution in [2.75, 3.05) is 53.0 Å². The molecule has 0 atom stereocenters. The number of piperazine rings is 1. The van der Waals surface area contributed by atoms with E-state index in [9.17, 15) is 18.4 Å². The third-order valence-corrected chi connectivity index (χ3v) is 5.95. The lowest BCUT2D eigenvalue weighted by Gasteiger charge is -2.34. The molecule has 1 saturated heterocycles. The molecule has 186 valence electrons. The number of hydrogen-bond acceptors (Lipinski definition) is 7. The van der Waals surface area contributed by atoms with Gasteiger partial charge in [0.25, 0.3) is 0 Å².